The van der Waals surface area contributed by atoms with Crippen molar-refractivity contribution in [2.75, 3.05) is 31.3 Å². The molecule has 5 heteroatoms. The molecular weight excluding hydrogens is 314 g/mol. The van der Waals surface area contributed by atoms with Gasteiger partial charge < -0.3 is 21.1 Å². The van der Waals surface area contributed by atoms with Crippen LogP contribution in [0.25, 0.3) is 0 Å². The van der Waals surface area contributed by atoms with Crippen LogP contribution in [-0.2, 0) is 11.2 Å². The van der Waals surface area contributed by atoms with Crippen LogP contribution in [0.15, 0.2) is 48.5 Å². The third-order valence-corrected chi connectivity index (χ3v) is 4.02. The molecule has 0 aliphatic rings. The molecule has 0 aliphatic carbocycles. The molecule has 25 heavy (non-hydrogen) atoms. The van der Waals surface area contributed by atoms with E-state index >= 15 is 0 Å². The molecule has 0 bridgehead atoms. The van der Waals surface area contributed by atoms with Crippen LogP contribution in [0.5, 0.6) is 0 Å². The fourth-order valence-electron chi connectivity index (χ4n) is 2.57. The van der Waals surface area contributed by atoms with Gasteiger partial charge in [-0.25, -0.2) is 0 Å². The lowest BCUT2D eigenvalue weighted by molar-refractivity contribution is 0.0937. The molecule has 5 nitrogen and oxygen atoms in total. The van der Waals surface area contributed by atoms with Crippen molar-refractivity contribution in [2.45, 2.75) is 25.8 Å². The molecule has 1 unspecified atom stereocenters. The first-order valence-electron chi connectivity index (χ1n) is 8.57. The fourth-order valence-corrected chi connectivity index (χ4v) is 2.57. The SMILES string of the molecule is COCCNC(=O)c1ccc(NC(C)CCc2ccccc2)c(N)c1. The minimum Gasteiger partial charge on any atom is -0.397 e. The zero-order valence-electron chi connectivity index (χ0n) is 14.9. The number of benzene rings is 2. The molecule has 2 aromatic carbocycles. The minimum absolute atomic E-state index is 0.146. The summed E-state index contributed by atoms with van der Waals surface area (Å²) in [6.07, 6.45) is 2.01. The number of hydrogen-bond donors (Lipinski definition) is 3. The second-order valence-electron chi connectivity index (χ2n) is 6.12. The van der Waals surface area contributed by atoms with Gasteiger partial charge in [0.15, 0.2) is 0 Å². The Balaban J connectivity index is 1.88. The molecule has 0 aliphatic heterocycles. The van der Waals surface area contributed by atoms with Crippen molar-refractivity contribution in [1.82, 2.24) is 5.32 Å². The Bertz CT molecular complexity index is 674. The van der Waals surface area contributed by atoms with E-state index < -0.39 is 0 Å². The summed E-state index contributed by atoms with van der Waals surface area (Å²) < 4.78 is 4.92. The number of rotatable bonds is 9. The Morgan fingerprint density at radius 1 is 1.20 bits per heavy atom. The number of anilines is 2. The molecule has 1 atom stereocenters. The molecule has 0 radical (unpaired) electrons. The standard InChI is InChI=1S/C20H27N3O2/c1-15(8-9-16-6-4-3-5-7-16)23-19-11-10-17(14-18(19)21)20(24)22-12-13-25-2/h3-7,10-11,14-15,23H,8-9,12-13,21H2,1-2H3,(H,22,24). The first-order valence-corrected chi connectivity index (χ1v) is 8.57. The van der Waals surface area contributed by atoms with E-state index in [0.29, 0.717) is 24.4 Å². The number of nitrogen functional groups attached to an aromatic ring is 1. The Morgan fingerprint density at radius 2 is 1.96 bits per heavy atom. The average Bonchev–Trinajstić information content (AvgIpc) is 2.62. The highest BCUT2D eigenvalue weighted by Crippen LogP contribution is 2.21. The number of carbonyl (C=O) groups excluding carboxylic acids is 1. The number of nitrogens with one attached hydrogen (secondary N) is 2. The number of amides is 1. The van der Waals surface area contributed by atoms with Gasteiger partial charge in [0.2, 0.25) is 0 Å². The van der Waals surface area contributed by atoms with Crippen molar-refractivity contribution < 1.29 is 9.53 Å². The molecule has 1 amide bonds. The lowest BCUT2D eigenvalue weighted by Crippen LogP contribution is -2.27. The molecule has 0 spiro atoms. The second-order valence-corrected chi connectivity index (χ2v) is 6.12. The van der Waals surface area contributed by atoms with Crippen LogP contribution in [0, 0.1) is 0 Å². The lowest BCUT2D eigenvalue weighted by Gasteiger charge is -2.17. The largest absolute Gasteiger partial charge is 0.397 e. The molecule has 0 saturated carbocycles. The topological polar surface area (TPSA) is 76.4 Å². The number of ether oxygens (including phenoxy) is 1. The number of carbonyl (C=O) groups is 1. The maximum absolute atomic E-state index is 12.0. The van der Waals surface area contributed by atoms with Crippen LogP contribution in [0.2, 0.25) is 0 Å². The number of methoxy groups -OCH3 is 1. The van der Waals surface area contributed by atoms with Crippen LogP contribution >= 0.6 is 0 Å². The summed E-state index contributed by atoms with van der Waals surface area (Å²) >= 11 is 0. The average molecular weight is 341 g/mol. The summed E-state index contributed by atoms with van der Waals surface area (Å²) in [7, 11) is 1.60. The van der Waals surface area contributed by atoms with E-state index in [-0.39, 0.29) is 11.9 Å². The number of aryl methyl sites for hydroxylation is 1. The molecule has 0 saturated heterocycles. The van der Waals surface area contributed by atoms with E-state index in [2.05, 4.69) is 41.8 Å². The predicted molar refractivity (Wildman–Crippen MR) is 103 cm³/mol. The highest BCUT2D eigenvalue weighted by molar-refractivity contribution is 5.96. The van der Waals surface area contributed by atoms with Crippen molar-refractivity contribution in [3.63, 3.8) is 0 Å². The fraction of sp³-hybridized carbons (Fsp3) is 0.350. The molecule has 2 aromatic rings. The van der Waals surface area contributed by atoms with Gasteiger partial charge in [0.05, 0.1) is 18.0 Å². The highest BCUT2D eigenvalue weighted by atomic mass is 16.5. The third-order valence-electron chi connectivity index (χ3n) is 4.02. The van der Waals surface area contributed by atoms with Gasteiger partial charge >= 0.3 is 0 Å². The summed E-state index contributed by atoms with van der Waals surface area (Å²) in [4.78, 5) is 12.0. The Hall–Kier alpha value is -2.53. The molecular formula is C20H27N3O2. The Kier molecular flexibility index (Phi) is 7.29. The van der Waals surface area contributed by atoms with Crippen LogP contribution in [0.1, 0.15) is 29.3 Å². The van der Waals surface area contributed by atoms with Gasteiger partial charge in [-0.3, -0.25) is 4.79 Å². The highest BCUT2D eigenvalue weighted by Gasteiger charge is 2.10. The molecule has 0 fully saturated rings. The number of hydrogen-bond acceptors (Lipinski definition) is 4. The van der Waals surface area contributed by atoms with Crippen LogP contribution in [-0.4, -0.2) is 32.2 Å². The van der Waals surface area contributed by atoms with E-state index in [0.717, 1.165) is 18.5 Å². The molecule has 134 valence electrons. The van der Waals surface area contributed by atoms with Crippen molar-refractivity contribution in [1.29, 1.82) is 0 Å². The Labute approximate surface area is 149 Å². The molecule has 0 aromatic heterocycles. The maximum atomic E-state index is 12.0. The Morgan fingerprint density at radius 3 is 2.64 bits per heavy atom. The van der Waals surface area contributed by atoms with E-state index in [4.69, 9.17) is 10.5 Å². The van der Waals surface area contributed by atoms with Gasteiger partial charge in [-0.15, -0.1) is 0 Å². The predicted octanol–water partition coefficient (Wildman–Crippen LogP) is 3.08. The van der Waals surface area contributed by atoms with Gasteiger partial charge in [-0.1, -0.05) is 30.3 Å². The van der Waals surface area contributed by atoms with E-state index in [1.54, 1.807) is 19.2 Å². The summed E-state index contributed by atoms with van der Waals surface area (Å²) in [6, 6.07) is 16.0. The van der Waals surface area contributed by atoms with Crippen LogP contribution < -0.4 is 16.4 Å². The zero-order valence-corrected chi connectivity index (χ0v) is 14.9. The summed E-state index contributed by atoms with van der Waals surface area (Å²) in [5.74, 6) is -0.146. The van der Waals surface area contributed by atoms with Crippen molar-refractivity contribution in [2.24, 2.45) is 0 Å². The monoisotopic (exact) mass is 341 g/mol. The quantitative estimate of drug-likeness (QED) is 0.484. The molecule has 4 N–H and O–H groups in total. The van der Waals surface area contributed by atoms with E-state index in [9.17, 15) is 4.79 Å². The first kappa shape index (κ1) is 18.8. The van der Waals surface area contributed by atoms with Gasteiger partial charge in [0.1, 0.15) is 0 Å². The maximum Gasteiger partial charge on any atom is 0.251 e. The van der Waals surface area contributed by atoms with E-state index in [1.807, 2.05) is 12.1 Å². The summed E-state index contributed by atoms with van der Waals surface area (Å²) in [5, 5.41) is 6.21. The van der Waals surface area contributed by atoms with Gasteiger partial charge in [-0.05, 0) is 43.5 Å². The van der Waals surface area contributed by atoms with Crippen molar-refractivity contribution in [3.05, 3.63) is 59.7 Å². The normalized spacial score (nSPS) is 11.8. The third kappa shape index (κ3) is 6.12. The summed E-state index contributed by atoms with van der Waals surface area (Å²) in [6.45, 7) is 3.10. The zero-order chi connectivity index (χ0) is 18.1. The van der Waals surface area contributed by atoms with Gasteiger partial charge in [-0.2, -0.15) is 0 Å². The number of nitrogens with two attached hydrogens (primary N) is 1. The second kappa shape index (κ2) is 9.69. The van der Waals surface area contributed by atoms with Gasteiger partial charge in [0, 0.05) is 25.3 Å². The van der Waals surface area contributed by atoms with E-state index in [1.165, 1.54) is 5.56 Å². The van der Waals surface area contributed by atoms with Crippen molar-refractivity contribution in [3.8, 4) is 0 Å². The minimum atomic E-state index is -0.146. The first-order chi connectivity index (χ1) is 12.1. The smallest absolute Gasteiger partial charge is 0.251 e. The summed E-state index contributed by atoms with van der Waals surface area (Å²) in [5.41, 5.74) is 9.41. The molecule has 0 heterocycles. The van der Waals surface area contributed by atoms with Gasteiger partial charge in [0.25, 0.3) is 5.91 Å². The lowest BCUT2D eigenvalue weighted by atomic mass is 10.1. The van der Waals surface area contributed by atoms with Crippen LogP contribution in [0.4, 0.5) is 11.4 Å². The molecule has 2 rings (SSSR count). The van der Waals surface area contributed by atoms with Crippen molar-refractivity contribution >= 4 is 17.3 Å². The van der Waals surface area contributed by atoms with Crippen LogP contribution in [0.3, 0.4) is 0 Å².